The van der Waals surface area contributed by atoms with E-state index >= 15 is 0 Å². The first-order valence-corrected chi connectivity index (χ1v) is 13.5. The van der Waals surface area contributed by atoms with E-state index in [1.807, 2.05) is 18.0 Å². The van der Waals surface area contributed by atoms with Gasteiger partial charge >= 0.3 is 0 Å². The number of hydrogen-bond donors (Lipinski definition) is 2. The lowest BCUT2D eigenvalue weighted by molar-refractivity contribution is -0.135. The highest BCUT2D eigenvalue weighted by Crippen LogP contribution is 2.26. The maximum atomic E-state index is 13.0. The number of aromatic nitrogens is 2. The topological polar surface area (TPSA) is 99.6 Å². The molecule has 2 atom stereocenters. The summed E-state index contributed by atoms with van der Waals surface area (Å²) in [5.41, 5.74) is 8.05. The van der Waals surface area contributed by atoms with Gasteiger partial charge in [0.05, 0.1) is 0 Å². The van der Waals surface area contributed by atoms with Gasteiger partial charge < -0.3 is 9.47 Å². The number of nitrogens with zero attached hydrogens (tertiary/aromatic N) is 4. The van der Waals surface area contributed by atoms with Crippen molar-refractivity contribution in [2.45, 2.75) is 56.1 Å². The summed E-state index contributed by atoms with van der Waals surface area (Å²) in [6, 6.07) is 11.1. The number of nitrogens with one attached hydrogen (secondary N) is 2. The highest BCUT2D eigenvalue weighted by Gasteiger charge is 2.34. The smallest absolute Gasteiger partial charge is 0.262 e. The molecule has 2 aliphatic heterocycles. The van der Waals surface area contributed by atoms with Crippen molar-refractivity contribution in [1.29, 1.82) is 0 Å². The standard InChI is InChI=1S/C24H36N6O3S/c1-18-25-23(17-29(18)3)34(32,33)30-14-11-20(12-15-30)24(31)28(2)13-7-10-21-16-22(27-26-21)19-8-5-4-6-9-19/h4-6,8-9,17,20-22,26-27H,7,10-16H2,1-3H3. The fourth-order valence-corrected chi connectivity index (χ4v) is 6.33. The molecule has 4 rings (SSSR count). The zero-order chi connectivity index (χ0) is 24.3. The first kappa shape index (κ1) is 24.8. The van der Waals surface area contributed by atoms with Crippen molar-refractivity contribution in [3.63, 3.8) is 0 Å². The van der Waals surface area contributed by atoms with Crippen molar-refractivity contribution < 1.29 is 13.2 Å². The quantitative estimate of drug-likeness (QED) is 0.590. The molecule has 1 amide bonds. The number of rotatable bonds is 8. The summed E-state index contributed by atoms with van der Waals surface area (Å²) in [5.74, 6) is 0.644. The van der Waals surface area contributed by atoms with Crippen LogP contribution < -0.4 is 10.9 Å². The summed E-state index contributed by atoms with van der Waals surface area (Å²) in [6.45, 7) is 3.18. The van der Waals surface area contributed by atoms with E-state index < -0.39 is 10.0 Å². The van der Waals surface area contributed by atoms with Crippen molar-refractivity contribution in [3.05, 3.63) is 47.9 Å². The lowest BCUT2D eigenvalue weighted by Crippen LogP contribution is -2.43. The zero-order valence-electron chi connectivity index (χ0n) is 20.3. The van der Waals surface area contributed by atoms with Crippen LogP contribution in [0.4, 0.5) is 0 Å². The lowest BCUT2D eigenvalue weighted by atomic mass is 9.96. The molecule has 2 N–H and O–H groups in total. The highest BCUT2D eigenvalue weighted by atomic mass is 32.2. The first-order valence-electron chi connectivity index (χ1n) is 12.1. The second kappa shape index (κ2) is 10.6. The largest absolute Gasteiger partial charge is 0.346 e. The molecule has 10 heteroatoms. The molecule has 1 aromatic heterocycles. The summed E-state index contributed by atoms with van der Waals surface area (Å²) in [6.07, 6.45) is 5.59. The summed E-state index contributed by atoms with van der Waals surface area (Å²) < 4.78 is 28.9. The number of hydrogen-bond acceptors (Lipinski definition) is 6. The Balaban J connectivity index is 1.20. The molecule has 1 aromatic carbocycles. The summed E-state index contributed by atoms with van der Waals surface area (Å²) >= 11 is 0. The third kappa shape index (κ3) is 5.51. The second-order valence-corrected chi connectivity index (χ2v) is 11.4. The number of imidazole rings is 1. The Hall–Kier alpha value is -2.27. The Labute approximate surface area is 202 Å². The van der Waals surface area contributed by atoms with Gasteiger partial charge in [0.15, 0.2) is 5.03 Å². The average Bonchev–Trinajstić information content (AvgIpc) is 3.46. The van der Waals surface area contributed by atoms with Crippen LogP contribution in [-0.4, -0.2) is 65.8 Å². The third-order valence-electron chi connectivity index (χ3n) is 7.10. The van der Waals surface area contributed by atoms with Crippen LogP contribution in [0.1, 0.15) is 49.5 Å². The van der Waals surface area contributed by atoms with Gasteiger partial charge in [0.2, 0.25) is 5.91 Å². The molecule has 2 aliphatic rings. The van der Waals surface area contributed by atoms with Crippen molar-refractivity contribution in [3.8, 4) is 0 Å². The van der Waals surface area contributed by atoms with E-state index in [0.717, 1.165) is 19.3 Å². The number of aryl methyl sites for hydroxylation is 2. The van der Waals surface area contributed by atoms with Crippen LogP contribution in [0.5, 0.6) is 0 Å². The van der Waals surface area contributed by atoms with Crippen LogP contribution in [0, 0.1) is 12.8 Å². The van der Waals surface area contributed by atoms with Crippen LogP contribution in [0.15, 0.2) is 41.6 Å². The Bertz CT molecular complexity index is 1060. The third-order valence-corrected chi connectivity index (χ3v) is 8.87. The van der Waals surface area contributed by atoms with E-state index in [1.54, 1.807) is 24.7 Å². The van der Waals surface area contributed by atoms with Crippen molar-refractivity contribution in [2.24, 2.45) is 13.0 Å². The number of sulfonamides is 1. The molecule has 34 heavy (non-hydrogen) atoms. The van der Waals surface area contributed by atoms with E-state index in [-0.39, 0.29) is 16.9 Å². The predicted octanol–water partition coefficient (Wildman–Crippen LogP) is 1.98. The van der Waals surface area contributed by atoms with Crippen molar-refractivity contribution in [1.82, 2.24) is 29.6 Å². The molecule has 0 saturated carbocycles. The van der Waals surface area contributed by atoms with Gasteiger partial charge in [0.25, 0.3) is 10.0 Å². The molecule has 2 fully saturated rings. The first-order chi connectivity index (χ1) is 16.3. The van der Waals surface area contributed by atoms with Crippen molar-refractivity contribution in [2.75, 3.05) is 26.7 Å². The number of amides is 1. The average molecular weight is 489 g/mol. The van der Waals surface area contributed by atoms with E-state index in [4.69, 9.17) is 0 Å². The Morgan fingerprint density at radius 2 is 1.88 bits per heavy atom. The Kier molecular flexibility index (Phi) is 7.71. The van der Waals surface area contributed by atoms with Gasteiger partial charge in [-0.15, -0.1) is 0 Å². The van der Waals surface area contributed by atoms with Gasteiger partial charge in [-0.3, -0.25) is 15.6 Å². The minimum absolute atomic E-state index is 0.0823. The maximum absolute atomic E-state index is 13.0. The molecule has 2 saturated heterocycles. The molecule has 0 spiro atoms. The molecular formula is C24H36N6O3S. The molecule has 0 radical (unpaired) electrons. The summed E-state index contributed by atoms with van der Waals surface area (Å²) in [5, 5.41) is 0.0823. The van der Waals surface area contributed by atoms with Crippen molar-refractivity contribution >= 4 is 15.9 Å². The van der Waals surface area contributed by atoms with Crippen LogP contribution in [0.2, 0.25) is 0 Å². The van der Waals surface area contributed by atoms with E-state index in [0.29, 0.717) is 50.4 Å². The van der Waals surface area contributed by atoms with Crippen LogP contribution in [-0.2, 0) is 21.9 Å². The van der Waals surface area contributed by atoms with Gasteiger partial charge in [-0.2, -0.15) is 4.31 Å². The van der Waals surface area contributed by atoms with Gasteiger partial charge in [-0.25, -0.2) is 13.4 Å². The molecule has 2 unspecified atom stereocenters. The zero-order valence-corrected chi connectivity index (χ0v) is 21.1. The molecule has 9 nitrogen and oxygen atoms in total. The maximum Gasteiger partial charge on any atom is 0.262 e. The minimum atomic E-state index is -3.62. The lowest BCUT2D eigenvalue weighted by Gasteiger charge is -2.32. The second-order valence-electron chi connectivity index (χ2n) is 9.50. The number of carbonyl (C=O) groups is 1. The molecule has 3 heterocycles. The van der Waals surface area contributed by atoms with Gasteiger partial charge in [-0.05, 0) is 44.6 Å². The number of piperidine rings is 1. The fourth-order valence-electron chi connectivity index (χ4n) is 4.84. The van der Waals surface area contributed by atoms with Gasteiger partial charge in [0.1, 0.15) is 5.82 Å². The Morgan fingerprint density at radius 1 is 1.18 bits per heavy atom. The van der Waals surface area contributed by atoms with Crippen LogP contribution in [0.3, 0.4) is 0 Å². The summed E-state index contributed by atoms with van der Waals surface area (Å²) in [4.78, 5) is 18.9. The van der Waals surface area contributed by atoms with E-state index in [2.05, 4.69) is 40.1 Å². The molecule has 2 aromatic rings. The summed E-state index contributed by atoms with van der Waals surface area (Å²) in [7, 11) is 0.0193. The number of benzene rings is 1. The monoisotopic (exact) mass is 488 g/mol. The van der Waals surface area contributed by atoms with E-state index in [1.165, 1.54) is 9.87 Å². The fraction of sp³-hybridized carbons (Fsp3) is 0.583. The normalized spacial score (nSPS) is 22.2. The number of hydrazine groups is 1. The molecular weight excluding hydrogens is 452 g/mol. The van der Waals surface area contributed by atoms with Gasteiger partial charge in [-0.1, -0.05) is 30.3 Å². The molecule has 0 aliphatic carbocycles. The number of carbonyl (C=O) groups excluding carboxylic acids is 1. The SMILES string of the molecule is Cc1nc(S(=O)(=O)N2CCC(C(=O)N(C)CCCC3CC(c4ccccc4)NN3)CC2)cn1C. The Morgan fingerprint density at radius 3 is 2.53 bits per heavy atom. The van der Waals surface area contributed by atoms with E-state index in [9.17, 15) is 13.2 Å². The minimum Gasteiger partial charge on any atom is -0.346 e. The van der Waals surface area contributed by atoms with Gasteiger partial charge in [0, 0.05) is 57.9 Å². The molecule has 0 bridgehead atoms. The molecule has 186 valence electrons. The predicted molar refractivity (Wildman–Crippen MR) is 130 cm³/mol. The van der Waals surface area contributed by atoms with Crippen LogP contribution in [0.25, 0.3) is 0 Å². The highest BCUT2D eigenvalue weighted by molar-refractivity contribution is 7.89. The van der Waals surface area contributed by atoms with Crippen LogP contribution >= 0.6 is 0 Å².